The van der Waals surface area contributed by atoms with Gasteiger partial charge in [-0.1, -0.05) is 0 Å². The van der Waals surface area contributed by atoms with Gasteiger partial charge in [-0.15, -0.1) is 22.7 Å². The molecule has 1 N–H and O–H groups in total. The lowest BCUT2D eigenvalue weighted by molar-refractivity contribution is 0.102. The number of nitrogens with zero attached hydrogens (tertiary/aromatic N) is 2. The molecule has 2 aromatic heterocycles. The lowest BCUT2D eigenvalue weighted by Gasteiger charge is -1.99. The van der Waals surface area contributed by atoms with Crippen LogP contribution in [0.5, 0.6) is 0 Å². The van der Waals surface area contributed by atoms with E-state index < -0.39 is 0 Å². The quantitative estimate of drug-likeness (QED) is 0.889. The summed E-state index contributed by atoms with van der Waals surface area (Å²) in [5.74, 6) is -0.275. The molecule has 0 saturated carbocycles. The minimum atomic E-state index is -0.275. The average molecular weight is 249 g/mol. The van der Waals surface area contributed by atoms with E-state index in [0.717, 1.165) is 5.01 Å². The predicted octanol–water partition coefficient (Wildman–Crippen LogP) is 2.64. The van der Waals surface area contributed by atoms with Crippen LogP contribution in [0.3, 0.4) is 0 Å². The highest BCUT2D eigenvalue weighted by molar-refractivity contribution is 7.14. The van der Waals surface area contributed by atoms with Gasteiger partial charge in [0.15, 0.2) is 0 Å². The molecular formula is C10H7N3OS2. The van der Waals surface area contributed by atoms with E-state index in [0.29, 0.717) is 16.3 Å². The number of hydrogen-bond acceptors (Lipinski definition) is 5. The third-order valence-electron chi connectivity index (χ3n) is 1.86. The molecule has 0 saturated heterocycles. The van der Waals surface area contributed by atoms with Crippen LogP contribution in [0, 0.1) is 18.3 Å². The number of nitriles is 1. The first-order valence-corrected chi connectivity index (χ1v) is 6.17. The van der Waals surface area contributed by atoms with Crippen LogP contribution in [0.15, 0.2) is 16.8 Å². The molecule has 0 unspecified atom stereocenters. The molecular weight excluding hydrogens is 242 g/mol. The Morgan fingerprint density at radius 3 is 3.00 bits per heavy atom. The summed E-state index contributed by atoms with van der Waals surface area (Å²) >= 11 is 2.75. The molecule has 1 amide bonds. The first-order chi connectivity index (χ1) is 7.70. The molecule has 2 heterocycles. The smallest absolute Gasteiger partial charge is 0.275 e. The van der Waals surface area contributed by atoms with Crippen LogP contribution in [-0.2, 0) is 0 Å². The molecule has 0 fully saturated rings. The third kappa shape index (κ3) is 2.10. The predicted molar refractivity (Wildman–Crippen MR) is 63.8 cm³/mol. The minimum absolute atomic E-state index is 0.275. The van der Waals surface area contributed by atoms with Gasteiger partial charge in [0, 0.05) is 5.38 Å². The number of rotatable bonds is 2. The van der Waals surface area contributed by atoms with Crippen molar-refractivity contribution in [2.45, 2.75) is 6.92 Å². The fourth-order valence-corrected chi connectivity index (χ4v) is 2.45. The number of thiophene rings is 1. The van der Waals surface area contributed by atoms with Crippen molar-refractivity contribution < 1.29 is 4.79 Å². The van der Waals surface area contributed by atoms with Crippen molar-refractivity contribution in [3.05, 3.63) is 33.1 Å². The molecule has 0 aromatic carbocycles. The number of carbonyl (C=O) groups excluding carboxylic acids is 1. The SMILES string of the molecule is Cc1nc(C(=O)Nc2sccc2C#N)cs1. The van der Waals surface area contributed by atoms with Crippen molar-refractivity contribution in [3.63, 3.8) is 0 Å². The van der Waals surface area contributed by atoms with E-state index in [1.165, 1.54) is 22.7 Å². The standard InChI is InChI=1S/C10H7N3OS2/c1-6-12-8(5-16-6)9(14)13-10-7(4-11)2-3-15-10/h2-3,5H,1H3,(H,13,14). The van der Waals surface area contributed by atoms with Gasteiger partial charge in [-0.2, -0.15) is 5.26 Å². The van der Waals surface area contributed by atoms with Gasteiger partial charge < -0.3 is 5.32 Å². The molecule has 2 aromatic rings. The fraction of sp³-hybridized carbons (Fsp3) is 0.100. The summed E-state index contributed by atoms with van der Waals surface area (Å²) in [5.41, 5.74) is 0.866. The van der Waals surface area contributed by atoms with Crippen LogP contribution in [-0.4, -0.2) is 10.9 Å². The lowest BCUT2D eigenvalue weighted by Crippen LogP contribution is -2.12. The Labute approximate surface area is 100 Å². The molecule has 2 rings (SSSR count). The van der Waals surface area contributed by atoms with Crippen molar-refractivity contribution in [1.82, 2.24) is 4.98 Å². The summed E-state index contributed by atoms with van der Waals surface area (Å²) in [6, 6.07) is 3.69. The van der Waals surface area contributed by atoms with Crippen molar-refractivity contribution in [2.75, 3.05) is 5.32 Å². The van der Waals surface area contributed by atoms with Gasteiger partial charge in [0.25, 0.3) is 5.91 Å². The Bertz CT molecular complexity index is 565. The zero-order valence-electron chi connectivity index (χ0n) is 8.35. The van der Waals surface area contributed by atoms with E-state index in [4.69, 9.17) is 5.26 Å². The number of amides is 1. The van der Waals surface area contributed by atoms with Gasteiger partial charge >= 0.3 is 0 Å². The molecule has 0 bridgehead atoms. The van der Waals surface area contributed by atoms with Crippen LogP contribution in [0.1, 0.15) is 21.1 Å². The molecule has 6 heteroatoms. The zero-order chi connectivity index (χ0) is 11.5. The molecule has 0 aliphatic carbocycles. The second-order valence-corrected chi connectivity index (χ2v) is 4.96. The number of thiazole rings is 1. The first kappa shape index (κ1) is 10.8. The van der Waals surface area contributed by atoms with Crippen molar-refractivity contribution in [2.24, 2.45) is 0 Å². The van der Waals surface area contributed by atoms with Crippen molar-refractivity contribution >= 4 is 33.6 Å². The molecule has 4 nitrogen and oxygen atoms in total. The first-order valence-electron chi connectivity index (χ1n) is 4.42. The number of aryl methyl sites for hydroxylation is 1. The van der Waals surface area contributed by atoms with E-state index >= 15 is 0 Å². The summed E-state index contributed by atoms with van der Waals surface area (Å²) in [4.78, 5) is 15.8. The number of aromatic nitrogens is 1. The van der Waals surface area contributed by atoms with Crippen LogP contribution in [0.4, 0.5) is 5.00 Å². The Balaban J connectivity index is 2.17. The highest BCUT2D eigenvalue weighted by Crippen LogP contribution is 2.23. The zero-order valence-corrected chi connectivity index (χ0v) is 9.98. The van der Waals surface area contributed by atoms with Crippen LogP contribution in [0.25, 0.3) is 0 Å². The summed E-state index contributed by atoms with van der Waals surface area (Å²) in [6.45, 7) is 1.84. The minimum Gasteiger partial charge on any atom is -0.311 e. The van der Waals surface area contributed by atoms with Gasteiger partial charge in [0.1, 0.15) is 16.8 Å². The number of nitrogens with one attached hydrogen (secondary N) is 1. The van der Waals surface area contributed by atoms with Crippen LogP contribution in [0.2, 0.25) is 0 Å². The Morgan fingerprint density at radius 2 is 2.38 bits per heavy atom. The van der Waals surface area contributed by atoms with Crippen molar-refractivity contribution in [1.29, 1.82) is 5.26 Å². The number of anilines is 1. The van der Waals surface area contributed by atoms with Gasteiger partial charge in [-0.3, -0.25) is 4.79 Å². The molecule has 0 aliphatic heterocycles. The lowest BCUT2D eigenvalue weighted by atomic mass is 10.3. The topological polar surface area (TPSA) is 65.8 Å². The second-order valence-electron chi connectivity index (χ2n) is 2.98. The maximum absolute atomic E-state index is 11.7. The maximum atomic E-state index is 11.7. The highest BCUT2D eigenvalue weighted by Gasteiger charge is 2.12. The summed E-state index contributed by atoms with van der Waals surface area (Å²) < 4.78 is 0. The summed E-state index contributed by atoms with van der Waals surface area (Å²) in [7, 11) is 0. The molecule has 0 radical (unpaired) electrons. The highest BCUT2D eigenvalue weighted by atomic mass is 32.1. The normalized spacial score (nSPS) is 9.75. The van der Waals surface area contributed by atoms with Gasteiger partial charge in [0.05, 0.1) is 10.6 Å². The molecule has 0 aliphatic rings. The second kappa shape index (κ2) is 4.43. The molecule has 0 atom stereocenters. The van der Waals surface area contributed by atoms with E-state index in [-0.39, 0.29) is 5.91 Å². The molecule has 0 spiro atoms. The monoisotopic (exact) mass is 249 g/mol. The maximum Gasteiger partial charge on any atom is 0.275 e. The largest absolute Gasteiger partial charge is 0.311 e. The van der Waals surface area contributed by atoms with E-state index in [2.05, 4.69) is 10.3 Å². The molecule has 16 heavy (non-hydrogen) atoms. The Kier molecular flexibility index (Phi) is 2.99. The van der Waals surface area contributed by atoms with E-state index in [1.54, 1.807) is 16.8 Å². The van der Waals surface area contributed by atoms with Crippen LogP contribution < -0.4 is 5.32 Å². The Morgan fingerprint density at radius 1 is 1.56 bits per heavy atom. The molecule has 80 valence electrons. The summed E-state index contributed by atoms with van der Waals surface area (Å²) in [5, 5.41) is 16.3. The fourth-order valence-electron chi connectivity index (χ4n) is 1.13. The number of carbonyl (C=O) groups is 1. The van der Waals surface area contributed by atoms with Crippen LogP contribution >= 0.6 is 22.7 Å². The number of hydrogen-bond donors (Lipinski definition) is 1. The van der Waals surface area contributed by atoms with Gasteiger partial charge in [-0.05, 0) is 18.4 Å². The Hall–Kier alpha value is -1.71. The van der Waals surface area contributed by atoms with Crippen molar-refractivity contribution in [3.8, 4) is 6.07 Å². The summed E-state index contributed by atoms with van der Waals surface area (Å²) in [6.07, 6.45) is 0. The van der Waals surface area contributed by atoms with E-state index in [9.17, 15) is 4.79 Å². The van der Waals surface area contributed by atoms with E-state index in [1.807, 2.05) is 13.0 Å². The third-order valence-corrected chi connectivity index (χ3v) is 3.47. The van der Waals surface area contributed by atoms with Gasteiger partial charge in [0.2, 0.25) is 0 Å². The van der Waals surface area contributed by atoms with Gasteiger partial charge in [-0.25, -0.2) is 4.98 Å². The average Bonchev–Trinajstić information content (AvgIpc) is 2.86.